The molecule has 2 aliphatic rings. The van der Waals surface area contributed by atoms with Crippen LogP contribution in [0, 0.1) is 18.8 Å². The quantitative estimate of drug-likeness (QED) is 0.756. The Morgan fingerprint density at radius 2 is 2.31 bits per heavy atom. The Labute approximate surface area is 101 Å². The van der Waals surface area contributed by atoms with Crippen LogP contribution in [0.25, 0.3) is 5.57 Å². The Morgan fingerprint density at radius 3 is 3.06 bits per heavy atom. The first-order chi connectivity index (χ1) is 7.74. The summed E-state index contributed by atoms with van der Waals surface area (Å²) in [5.74, 6) is 1.52. The SMILES string of the molecule is Cc1cc(C2=CC3CNCC3C2)cnc1Cl. The number of aryl methyl sites for hydroxylation is 1. The van der Waals surface area contributed by atoms with Gasteiger partial charge in [0.15, 0.2) is 0 Å². The number of allylic oxidation sites excluding steroid dienone is 1. The van der Waals surface area contributed by atoms with Crippen LogP contribution in [0.15, 0.2) is 18.3 Å². The standard InChI is InChI=1S/C13H15ClN2/c1-8-2-10(7-16-13(8)14)9-3-11-5-15-6-12(11)4-9/h2-3,7,11-12,15H,4-6H2,1H3. The molecule has 0 amide bonds. The van der Waals surface area contributed by atoms with E-state index in [2.05, 4.69) is 22.4 Å². The highest BCUT2D eigenvalue weighted by atomic mass is 35.5. The van der Waals surface area contributed by atoms with Crippen LogP contribution < -0.4 is 5.32 Å². The largest absolute Gasteiger partial charge is 0.316 e. The maximum Gasteiger partial charge on any atom is 0.131 e. The third kappa shape index (κ3) is 1.66. The van der Waals surface area contributed by atoms with Gasteiger partial charge in [0, 0.05) is 12.7 Å². The molecule has 1 aliphatic carbocycles. The highest BCUT2D eigenvalue weighted by molar-refractivity contribution is 6.30. The van der Waals surface area contributed by atoms with Gasteiger partial charge in [-0.05, 0) is 54.5 Å². The third-order valence-corrected chi connectivity index (χ3v) is 4.07. The summed E-state index contributed by atoms with van der Waals surface area (Å²) >= 11 is 5.94. The number of nitrogens with zero attached hydrogens (tertiary/aromatic N) is 1. The molecule has 0 aromatic carbocycles. The van der Waals surface area contributed by atoms with Gasteiger partial charge in [-0.2, -0.15) is 0 Å². The van der Waals surface area contributed by atoms with Gasteiger partial charge in [-0.1, -0.05) is 17.7 Å². The van der Waals surface area contributed by atoms with Gasteiger partial charge in [0.2, 0.25) is 0 Å². The maximum atomic E-state index is 5.94. The van der Waals surface area contributed by atoms with Gasteiger partial charge in [-0.3, -0.25) is 0 Å². The molecule has 0 bridgehead atoms. The molecule has 1 aromatic heterocycles. The number of rotatable bonds is 1. The summed E-state index contributed by atoms with van der Waals surface area (Å²) in [6.07, 6.45) is 5.49. The van der Waals surface area contributed by atoms with Crippen molar-refractivity contribution in [3.63, 3.8) is 0 Å². The maximum absolute atomic E-state index is 5.94. The number of pyridine rings is 1. The van der Waals surface area contributed by atoms with Crippen molar-refractivity contribution in [1.82, 2.24) is 10.3 Å². The Bertz CT molecular complexity index is 453. The minimum Gasteiger partial charge on any atom is -0.316 e. The van der Waals surface area contributed by atoms with E-state index in [1.54, 1.807) is 0 Å². The van der Waals surface area contributed by atoms with Gasteiger partial charge in [-0.15, -0.1) is 0 Å². The van der Waals surface area contributed by atoms with Gasteiger partial charge in [0.25, 0.3) is 0 Å². The summed E-state index contributed by atoms with van der Waals surface area (Å²) in [4.78, 5) is 4.23. The number of aromatic nitrogens is 1. The molecule has 0 saturated carbocycles. The van der Waals surface area contributed by atoms with Crippen molar-refractivity contribution in [2.75, 3.05) is 13.1 Å². The molecule has 0 spiro atoms. The van der Waals surface area contributed by atoms with E-state index in [1.807, 2.05) is 13.1 Å². The van der Waals surface area contributed by atoms with E-state index in [0.29, 0.717) is 5.15 Å². The van der Waals surface area contributed by atoms with Gasteiger partial charge in [-0.25, -0.2) is 4.98 Å². The number of hydrogen-bond donors (Lipinski definition) is 1. The van der Waals surface area contributed by atoms with E-state index in [0.717, 1.165) is 30.5 Å². The second-order valence-corrected chi connectivity index (χ2v) is 5.17. The molecule has 2 nitrogen and oxygen atoms in total. The Kier molecular flexibility index (Phi) is 2.49. The van der Waals surface area contributed by atoms with E-state index >= 15 is 0 Å². The fourth-order valence-electron chi connectivity index (χ4n) is 2.73. The molecule has 2 heterocycles. The molecule has 1 N–H and O–H groups in total. The lowest BCUT2D eigenvalue weighted by molar-refractivity contribution is 0.536. The van der Waals surface area contributed by atoms with E-state index in [1.165, 1.54) is 17.6 Å². The van der Waals surface area contributed by atoms with Crippen LogP contribution in [0.3, 0.4) is 0 Å². The molecule has 0 radical (unpaired) electrons. The van der Waals surface area contributed by atoms with E-state index in [9.17, 15) is 0 Å². The van der Waals surface area contributed by atoms with Crippen molar-refractivity contribution in [3.8, 4) is 0 Å². The van der Waals surface area contributed by atoms with Crippen LogP contribution in [0.5, 0.6) is 0 Å². The summed E-state index contributed by atoms with van der Waals surface area (Å²) in [6.45, 7) is 4.30. The van der Waals surface area contributed by atoms with Gasteiger partial charge < -0.3 is 5.32 Å². The topological polar surface area (TPSA) is 24.9 Å². The number of hydrogen-bond acceptors (Lipinski definition) is 2. The van der Waals surface area contributed by atoms with Crippen molar-refractivity contribution in [1.29, 1.82) is 0 Å². The van der Waals surface area contributed by atoms with Crippen LogP contribution >= 0.6 is 11.6 Å². The zero-order valence-electron chi connectivity index (χ0n) is 9.33. The average molecular weight is 235 g/mol. The second-order valence-electron chi connectivity index (χ2n) is 4.81. The van der Waals surface area contributed by atoms with Crippen LogP contribution in [-0.4, -0.2) is 18.1 Å². The first-order valence-electron chi connectivity index (χ1n) is 5.78. The average Bonchev–Trinajstić information content (AvgIpc) is 2.81. The predicted octanol–water partition coefficient (Wildman–Crippen LogP) is 2.67. The fraction of sp³-hybridized carbons (Fsp3) is 0.462. The summed E-state index contributed by atoms with van der Waals surface area (Å²) in [5.41, 5.74) is 3.76. The molecule has 2 atom stereocenters. The molecule has 16 heavy (non-hydrogen) atoms. The minimum atomic E-state index is 0.615. The van der Waals surface area contributed by atoms with Crippen LogP contribution in [-0.2, 0) is 0 Å². The Hall–Kier alpha value is -0.860. The Balaban J connectivity index is 1.90. The van der Waals surface area contributed by atoms with Gasteiger partial charge in [0.1, 0.15) is 5.15 Å². The van der Waals surface area contributed by atoms with Crippen molar-refractivity contribution in [2.24, 2.45) is 11.8 Å². The fourth-order valence-corrected chi connectivity index (χ4v) is 2.83. The highest BCUT2D eigenvalue weighted by Crippen LogP contribution is 2.38. The van der Waals surface area contributed by atoms with Crippen molar-refractivity contribution >= 4 is 17.2 Å². The summed E-state index contributed by atoms with van der Waals surface area (Å²) < 4.78 is 0. The van der Waals surface area contributed by atoms with Crippen molar-refractivity contribution in [3.05, 3.63) is 34.6 Å². The zero-order chi connectivity index (χ0) is 11.1. The van der Waals surface area contributed by atoms with Gasteiger partial charge in [0.05, 0.1) is 0 Å². The normalized spacial score (nSPS) is 28.0. The van der Waals surface area contributed by atoms with Crippen molar-refractivity contribution < 1.29 is 0 Å². The molecule has 1 aliphatic heterocycles. The lowest BCUT2D eigenvalue weighted by Gasteiger charge is -2.07. The number of halogens is 1. The second kappa shape index (κ2) is 3.86. The smallest absolute Gasteiger partial charge is 0.131 e. The minimum absolute atomic E-state index is 0.615. The van der Waals surface area contributed by atoms with E-state index in [4.69, 9.17) is 11.6 Å². The summed E-state index contributed by atoms with van der Waals surface area (Å²) in [7, 11) is 0. The summed E-state index contributed by atoms with van der Waals surface area (Å²) in [6, 6.07) is 2.15. The predicted molar refractivity (Wildman–Crippen MR) is 66.4 cm³/mol. The molecule has 3 rings (SSSR count). The first-order valence-corrected chi connectivity index (χ1v) is 6.16. The lowest BCUT2D eigenvalue weighted by Crippen LogP contribution is -2.09. The van der Waals surface area contributed by atoms with E-state index < -0.39 is 0 Å². The van der Waals surface area contributed by atoms with Crippen LogP contribution in [0.4, 0.5) is 0 Å². The molecule has 1 saturated heterocycles. The third-order valence-electron chi connectivity index (χ3n) is 3.67. The summed E-state index contributed by atoms with van der Waals surface area (Å²) in [5, 5.41) is 4.05. The van der Waals surface area contributed by atoms with E-state index in [-0.39, 0.29) is 0 Å². The molecular weight excluding hydrogens is 220 g/mol. The van der Waals surface area contributed by atoms with Crippen molar-refractivity contribution in [2.45, 2.75) is 13.3 Å². The molecule has 3 heteroatoms. The molecule has 2 unspecified atom stereocenters. The number of fused-ring (bicyclic) bond motifs is 1. The van der Waals surface area contributed by atoms with Gasteiger partial charge >= 0.3 is 0 Å². The zero-order valence-corrected chi connectivity index (χ0v) is 10.1. The van der Waals surface area contributed by atoms with Crippen LogP contribution in [0.2, 0.25) is 5.15 Å². The highest BCUT2D eigenvalue weighted by Gasteiger charge is 2.31. The van der Waals surface area contributed by atoms with Crippen LogP contribution in [0.1, 0.15) is 17.5 Å². The monoisotopic (exact) mass is 234 g/mol. The molecular formula is C13H15ClN2. The molecule has 1 fully saturated rings. The number of nitrogens with one attached hydrogen (secondary N) is 1. The molecule has 1 aromatic rings. The Morgan fingerprint density at radius 1 is 1.44 bits per heavy atom. The first kappa shape index (κ1) is 10.3. The lowest BCUT2D eigenvalue weighted by atomic mass is 9.98. The molecule has 84 valence electrons.